The number of aliphatic imine (C=N–C) groups is 1. The molecule has 1 aromatic rings. The third kappa shape index (κ3) is 6.30. The lowest BCUT2D eigenvalue weighted by atomic mass is 9.92. The molecule has 4 heteroatoms. The molecule has 1 aliphatic rings. The Hall–Kier alpha value is -2.90. The normalized spacial score (nSPS) is 20.6. The fraction of sp³-hybridized carbons (Fsp3) is 0.240. The minimum absolute atomic E-state index is 0.0924. The standard InChI is InChI=1S/C25H28N2OS/c1-5-9-13-20(6-2)17-18-22-14-10-11-16-23(22)27-29(28)24(8-4)25-21(7-3)15-12-19-26-25/h5-6,8-16,19,21,24-25,27H,2,4,7H2,1,3H3/b9-5-,20-13+. The number of dihydropyridines is 1. The molecule has 0 saturated heterocycles. The van der Waals surface area contributed by atoms with Crippen LogP contribution in [0.4, 0.5) is 5.69 Å². The van der Waals surface area contributed by atoms with Crippen LogP contribution in [0.3, 0.4) is 0 Å². The van der Waals surface area contributed by atoms with Gasteiger partial charge in [-0.25, -0.2) is 4.21 Å². The molecule has 1 aliphatic heterocycles. The Morgan fingerprint density at radius 1 is 1.38 bits per heavy atom. The topological polar surface area (TPSA) is 41.5 Å². The monoisotopic (exact) mass is 404 g/mol. The lowest BCUT2D eigenvalue weighted by molar-refractivity contribution is 0.493. The molecule has 4 atom stereocenters. The number of rotatable bonds is 8. The zero-order chi connectivity index (χ0) is 21.1. The second kappa shape index (κ2) is 11.8. The molecule has 0 saturated carbocycles. The summed E-state index contributed by atoms with van der Waals surface area (Å²) in [5, 5.41) is -0.305. The first-order valence-electron chi connectivity index (χ1n) is 9.70. The molecule has 3 nitrogen and oxygen atoms in total. The highest BCUT2D eigenvalue weighted by atomic mass is 32.2. The number of para-hydroxylation sites is 1. The van der Waals surface area contributed by atoms with E-state index in [2.05, 4.69) is 47.7 Å². The molecule has 1 heterocycles. The van der Waals surface area contributed by atoms with Crippen LogP contribution in [0.15, 0.2) is 90.5 Å². The van der Waals surface area contributed by atoms with Gasteiger partial charge in [0.1, 0.15) is 11.0 Å². The average molecular weight is 405 g/mol. The molecule has 0 bridgehead atoms. The van der Waals surface area contributed by atoms with Crippen molar-refractivity contribution < 1.29 is 4.21 Å². The van der Waals surface area contributed by atoms with Crippen LogP contribution in [0, 0.1) is 17.8 Å². The summed E-state index contributed by atoms with van der Waals surface area (Å²) in [6.45, 7) is 11.8. The molecule has 0 radical (unpaired) electrons. The van der Waals surface area contributed by atoms with Gasteiger partial charge >= 0.3 is 0 Å². The summed E-state index contributed by atoms with van der Waals surface area (Å²) < 4.78 is 16.3. The van der Waals surface area contributed by atoms with Crippen molar-refractivity contribution in [1.82, 2.24) is 0 Å². The Morgan fingerprint density at radius 2 is 2.17 bits per heavy atom. The number of hydrogen-bond acceptors (Lipinski definition) is 2. The Balaban J connectivity index is 2.25. The van der Waals surface area contributed by atoms with Crippen molar-refractivity contribution in [2.24, 2.45) is 10.9 Å². The van der Waals surface area contributed by atoms with E-state index in [4.69, 9.17) is 0 Å². The van der Waals surface area contributed by atoms with E-state index in [1.54, 1.807) is 18.4 Å². The molecule has 0 aliphatic carbocycles. The maximum atomic E-state index is 13.1. The number of nitrogens with one attached hydrogen (secondary N) is 1. The van der Waals surface area contributed by atoms with Crippen LogP contribution in [0.1, 0.15) is 25.8 Å². The van der Waals surface area contributed by atoms with Crippen LogP contribution >= 0.6 is 0 Å². The van der Waals surface area contributed by atoms with Crippen LogP contribution in [0.2, 0.25) is 0 Å². The second-order valence-corrected chi connectivity index (χ2v) is 7.84. The Bertz CT molecular complexity index is 928. The Kier molecular flexibility index (Phi) is 9.14. The third-order valence-corrected chi connectivity index (χ3v) is 5.98. The minimum atomic E-state index is -1.39. The van der Waals surface area contributed by atoms with Crippen LogP contribution in [0.5, 0.6) is 0 Å². The molecule has 1 aromatic carbocycles. The van der Waals surface area contributed by atoms with Gasteiger partial charge in [-0.2, -0.15) is 0 Å². The third-order valence-electron chi connectivity index (χ3n) is 4.60. The Labute approximate surface area is 177 Å². The van der Waals surface area contributed by atoms with Crippen molar-refractivity contribution in [2.45, 2.75) is 31.6 Å². The van der Waals surface area contributed by atoms with E-state index >= 15 is 0 Å². The van der Waals surface area contributed by atoms with E-state index in [9.17, 15) is 4.21 Å². The van der Waals surface area contributed by atoms with Gasteiger partial charge in [0.2, 0.25) is 0 Å². The summed E-state index contributed by atoms with van der Waals surface area (Å²) >= 11 is 0. The van der Waals surface area contributed by atoms with Crippen molar-refractivity contribution >= 4 is 22.9 Å². The number of nitrogens with zero attached hydrogens (tertiary/aromatic N) is 1. The largest absolute Gasteiger partial charge is 0.303 e. The molecule has 0 aromatic heterocycles. The van der Waals surface area contributed by atoms with Crippen molar-refractivity contribution in [3.8, 4) is 11.8 Å². The molecular weight excluding hydrogens is 376 g/mol. The highest BCUT2D eigenvalue weighted by molar-refractivity contribution is 7.87. The molecule has 0 fully saturated rings. The molecule has 4 unspecified atom stereocenters. The molecule has 0 amide bonds. The van der Waals surface area contributed by atoms with Crippen molar-refractivity contribution in [2.75, 3.05) is 4.72 Å². The summed E-state index contributed by atoms with van der Waals surface area (Å²) in [6, 6.07) is 7.50. The van der Waals surface area contributed by atoms with Crippen molar-refractivity contribution in [3.05, 3.63) is 91.1 Å². The predicted molar refractivity (Wildman–Crippen MR) is 127 cm³/mol. The van der Waals surface area contributed by atoms with E-state index in [0.717, 1.165) is 23.2 Å². The SMILES string of the molecule is C=C/C(C#Cc1ccccc1NS(=O)C(C=C)C1N=CC=CC1CC)=C\C=C/C. The van der Waals surface area contributed by atoms with Gasteiger partial charge in [-0.1, -0.05) is 67.9 Å². The summed E-state index contributed by atoms with van der Waals surface area (Å²) in [5.41, 5.74) is 2.32. The Morgan fingerprint density at radius 3 is 2.86 bits per heavy atom. The van der Waals surface area contributed by atoms with Gasteiger partial charge in [-0.3, -0.25) is 4.99 Å². The van der Waals surface area contributed by atoms with E-state index in [-0.39, 0.29) is 17.2 Å². The maximum absolute atomic E-state index is 13.1. The molecular formula is C25H28N2OS. The number of anilines is 1. The smallest absolute Gasteiger partial charge is 0.126 e. The van der Waals surface area contributed by atoms with E-state index in [1.165, 1.54) is 0 Å². The average Bonchev–Trinajstić information content (AvgIpc) is 2.75. The molecule has 150 valence electrons. The highest BCUT2D eigenvalue weighted by Gasteiger charge is 2.30. The zero-order valence-electron chi connectivity index (χ0n) is 17.0. The highest BCUT2D eigenvalue weighted by Crippen LogP contribution is 2.25. The summed E-state index contributed by atoms with van der Waals surface area (Å²) in [5.74, 6) is 6.50. The molecule has 1 N–H and O–H groups in total. The van der Waals surface area contributed by atoms with E-state index in [1.807, 2.05) is 55.5 Å². The van der Waals surface area contributed by atoms with Crippen LogP contribution in [-0.2, 0) is 11.0 Å². The number of allylic oxidation sites excluding steroid dienone is 6. The first-order valence-corrected chi connectivity index (χ1v) is 10.9. The van der Waals surface area contributed by atoms with Gasteiger partial charge in [0.25, 0.3) is 0 Å². The van der Waals surface area contributed by atoms with Gasteiger partial charge in [-0.15, -0.1) is 6.58 Å². The quantitative estimate of drug-likeness (QED) is 0.352. The second-order valence-electron chi connectivity index (χ2n) is 6.49. The molecule has 29 heavy (non-hydrogen) atoms. The van der Waals surface area contributed by atoms with Gasteiger partial charge < -0.3 is 4.72 Å². The van der Waals surface area contributed by atoms with Crippen LogP contribution < -0.4 is 4.72 Å². The first-order chi connectivity index (χ1) is 14.1. The predicted octanol–water partition coefficient (Wildman–Crippen LogP) is 5.39. The summed E-state index contributed by atoms with van der Waals surface area (Å²) in [4.78, 5) is 4.57. The first kappa shape index (κ1) is 22.4. The lowest BCUT2D eigenvalue weighted by Crippen LogP contribution is -2.36. The van der Waals surface area contributed by atoms with Crippen molar-refractivity contribution in [3.63, 3.8) is 0 Å². The van der Waals surface area contributed by atoms with E-state index < -0.39 is 11.0 Å². The van der Waals surface area contributed by atoms with Crippen LogP contribution in [-0.4, -0.2) is 21.7 Å². The van der Waals surface area contributed by atoms with E-state index in [0.29, 0.717) is 0 Å². The summed E-state index contributed by atoms with van der Waals surface area (Å²) in [7, 11) is -1.39. The zero-order valence-corrected chi connectivity index (χ0v) is 17.9. The van der Waals surface area contributed by atoms with Gasteiger partial charge in [-0.05, 0) is 37.6 Å². The molecule has 2 rings (SSSR count). The maximum Gasteiger partial charge on any atom is 0.126 e. The molecule has 0 spiro atoms. The number of hydrogen-bond donors (Lipinski definition) is 1. The van der Waals surface area contributed by atoms with Crippen LogP contribution in [0.25, 0.3) is 0 Å². The minimum Gasteiger partial charge on any atom is -0.303 e. The number of benzene rings is 1. The van der Waals surface area contributed by atoms with Gasteiger partial charge in [0, 0.05) is 23.3 Å². The lowest BCUT2D eigenvalue weighted by Gasteiger charge is -2.28. The van der Waals surface area contributed by atoms with Gasteiger partial charge in [0.15, 0.2) is 0 Å². The van der Waals surface area contributed by atoms with Crippen molar-refractivity contribution in [1.29, 1.82) is 0 Å². The fourth-order valence-electron chi connectivity index (χ4n) is 2.98. The fourth-order valence-corrected chi connectivity index (χ4v) is 4.21. The summed E-state index contributed by atoms with van der Waals surface area (Å²) in [6.07, 6.45) is 16.0. The van der Waals surface area contributed by atoms with Gasteiger partial charge in [0.05, 0.1) is 17.0 Å².